The molecule has 26 heavy (non-hydrogen) atoms. The van der Waals surface area contributed by atoms with Crippen LogP contribution in [-0.4, -0.2) is 27.7 Å². The topological polar surface area (TPSA) is 92.0 Å². The Kier molecular flexibility index (Phi) is 3.44. The van der Waals surface area contributed by atoms with Gasteiger partial charge in [0, 0.05) is 41.8 Å². The lowest BCUT2D eigenvalue weighted by Crippen LogP contribution is -2.43. The fourth-order valence-electron chi connectivity index (χ4n) is 3.61. The number of hydrogen-bond acceptors (Lipinski definition) is 6. The van der Waals surface area contributed by atoms with Gasteiger partial charge in [-0.05, 0) is 32.3 Å². The first kappa shape index (κ1) is 16.2. The molecule has 0 saturated heterocycles. The summed E-state index contributed by atoms with van der Waals surface area (Å²) >= 11 is 8.18. The summed E-state index contributed by atoms with van der Waals surface area (Å²) in [6.07, 6.45) is 8.68. The van der Waals surface area contributed by atoms with Crippen LogP contribution in [-0.2, 0) is 11.0 Å². The van der Waals surface area contributed by atoms with Gasteiger partial charge in [0.1, 0.15) is 10.7 Å². The molecule has 0 bridgehead atoms. The number of pyridine rings is 1. The van der Waals surface area contributed by atoms with Crippen LogP contribution in [0, 0.1) is 0 Å². The van der Waals surface area contributed by atoms with Crippen molar-refractivity contribution < 1.29 is 0 Å². The van der Waals surface area contributed by atoms with Crippen LogP contribution < -0.4 is 11.2 Å². The van der Waals surface area contributed by atoms with Gasteiger partial charge in [0.15, 0.2) is 0 Å². The second-order valence-electron chi connectivity index (χ2n) is 7.48. The number of fused-ring (bicyclic) bond motifs is 1. The molecule has 0 spiro atoms. The molecule has 8 heteroatoms. The first-order valence-corrected chi connectivity index (χ1v) is 9.88. The quantitative estimate of drug-likeness (QED) is 0.642. The van der Waals surface area contributed by atoms with Crippen LogP contribution in [0.5, 0.6) is 0 Å². The Bertz CT molecular complexity index is 1030. The summed E-state index contributed by atoms with van der Waals surface area (Å²) in [4.78, 5) is 13.5. The van der Waals surface area contributed by atoms with Gasteiger partial charge in [-0.3, -0.25) is 0 Å². The SMILES string of the molecule is CC1(c2cc3c(-c4cnc(C5(N)CCC5)s4)c(Cl)cnc3[nH]2)C=NNC1. The van der Waals surface area contributed by atoms with Crippen molar-refractivity contribution in [2.75, 3.05) is 6.54 Å². The van der Waals surface area contributed by atoms with Gasteiger partial charge in [-0.1, -0.05) is 11.6 Å². The Morgan fingerprint density at radius 2 is 2.12 bits per heavy atom. The van der Waals surface area contributed by atoms with E-state index in [1.807, 2.05) is 12.4 Å². The van der Waals surface area contributed by atoms with Gasteiger partial charge in [-0.2, -0.15) is 5.10 Å². The van der Waals surface area contributed by atoms with Crippen molar-refractivity contribution in [3.05, 3.63) is 34.2 Å². The first-order chi connectivity index (χ1) is 12.5. The Labute approximate surface area is 159 Å². The lowest BCUT2D eigenvalue weighted by Gasteiger charge is -2.35. The van der Waals surface area contributed by atoms with E-state index in [4.69, 9.17) is 17.3 Å². The van der Waals surface area contributed by atoms with E-state index in [2.05, 4.69) is 38.5 Å². The average Bonchev–Trinajstić information content (AvgIpc) is 3.31. The Balaban J connectivity index is 1.64. The minimum atomic E-state index is -0.260. The Morgan fingerprint density at radius 1 is 1.27 bits per heavy atom. The molecule has 3 aromatic heterocycles. The number of halogens is 1. The zero-order chi connectivity index (χ0) is 17.9. The highest BCUT2D eigenvalue weighted by atomic mass is 35.5. The third kappa shape index (κ3) is 2.31. The van der Waals surface area contributed by atoms with Crippen molar-refractivity contribution in [3.8, 4) is 10.4 Å². The van der Waals surface area contributed by atoms with E-state index < -0.39 is 0 Å². The van der Waals surface area contributed by atoms with Crippen molar-refractivity contribution in [1.29, 1.82) is 0 Å². The highest BCUT2D eigenvalue weighted by Crippen LogP contribution is 2.44. The molecule has 1 aliphatic heterocycles. The van der Waals surface area contributed by atoms with E-state index >= 15 is 0 Å². The van der Waals surface area contributed by atoms with Gasteiger partial charge < -0.3 is 16.1 Å². The van der Waals surface area contributed by atoms with E-state index in [9.17, 15) is 0 Å². The smallest absolute Gasteiger partial charge is 0.138 e. The maximum atomic E-state index is 6.55. The van der Waals surface area contributed by atoms with Crippen molar-refractivity contribution in [3.63, 3.8) is 0 Å². The molecule has 0 aromatic carbocycles. The molecule has 4 N–H and O–H groups in total. The van der Waals surface area contributed by atoms with Crippen LogP contribution >= 0.6 is 22.9 Å². The molecule has 134 valence electrons. The maximum Gasteiger partial charge on any atom is 0.138 e. The molecule has 2 aliphatic rings. The summed E-state index contributed by atoms with van der Waals surface area (Å²) in [7, 11) is 0. The van der Waals surface area contributed by atoms with Gasteiger partial charge in [0.25, 0.3) is 0 Å². The van der Waals surface area contributed by atoms with Crippen LogP contribution in [0.25, 0.3) is 21.5 Å². The number of rotatable bonds is 3. The molecule has 6 nitrogen and oxygen atoms in total. The largest absolute Gasteiger partial charge is 0.342 e. The number of nitrogens with two attached hydrogens (primary N) is 1. The molecule has 0 radical (unpaired) electrons. The molecular formula is C18H19ClN6S. The summed E-state index contributed by atoms with van der Waals surface area (Å²) < 4.78 is 0. The van der Waals surface area contributed by atoms with Crippen LogP contribution in [0.3, 0.4) is 0 Å². The van der Waals surface area contributed by atoms with Crippen LogP contribution in [0.1, 0.15) is 36.9 Å². The first-order valence-electron chi connectivity index (χ1n) is 8.69. The standard InChI is InChI=1S/C18H19ClN6S/c1-17(8-23-24-9-17)13-5-10-14(11(19)6-21-15(10)25-13)12-7-22-16(26-12)18(20)3-2-4-18/h5-8,24H,2-4,9,20H2,1H3,(H,21,25). The predicted molar refractivity (Wildman–Crippen MR) is 106 cm³/mol. The lowest BCUT2D eigenvalue weighted by atomic mass is 9.78. The van der Waals surface area contributed by atoms with Crippen molar-refractivity contribution in [2.45, 2.75) is 37.1 Å². The lowest BCUT2D eigenvalue weighted by molar-refractivity contribution is 0.253. The molecule has 5 rings (SSSR count). The maximum absolute atomic E-state index is 6.55. The predicted octanol–water partition coefficient (Wildman–Crippen LogP) is 3.52. The Hall–Kier alpha value is -1.96. The number of hydrazone groups is 1. The van der Waals surface area contributed by atoms with Gasteiger partial charge in [-0.25, -0.2) is 9.97 Å². The van der Waals surface area contributed by atoms with Gasteiger partial charge in [0.2, 0.25) is 0 Å². The second-order valence-corrected chi connectivity index (χ2v) is 8.91. The molecule has 0 amide bonds. The number of nitrogens with zero attached hydrogens (tertiary/aromatic N) is 3. The van der Waals surface area contributed by atoms with Crippen molar-refractivity contribution in [2.24, 2.45) is 10.8 Å². The third-order valence-corrected chi connectivity index (χ3v) is 7.06. The van der Waals surface area contributed by atoms with Gasteiger partial charge >= 0.3 is 0 Å². The van der Waals surface area contributed by atoms with E-state index in [-0.39, 0.29) is 11.0 Å². The fourth-order valence-corrected chi connectivity index (χ4v) is 5.07. The van der Waals surface area contributed by atoms with Crippen LogP contribution in [0.2, 0.25) is 5.02 Å². The zero-order valence-corrected chi connectivity index (χ0v) is 15.9. The molecule has 1 aliphatic carbocycles. The van der Waals surface area contributed by atoms with Gasteiger partial charge in [0.05, 0.1) is 20.9 Å². The van der Waals surface area contributed by atoms with E-state index in [1.165, 1.54) is 6.42 Å². The zero-order valence-electron chi connectivity index (χ0n) is 14.3. The molecule has 3 aromatic rings. The molecule has 1 saturated carbocycles. The molecular weight excluding hydrogens is 368 g/mol. The summed E-state index contributed by atoms with van der Waals surface area (Å²) in [5.41, 5.74) is 11.9. The highest BCUT2D eigenvalue weighted by Gasteiger charge is 2.37. The normalized spacial score (nSPS) is 24.0. The fraction of sp³-hybridized carbons (Fsp3) is 0.389. The number of aromatic nitrogens is 3. The summed E-state index contributed by atoms with van der Waals surface area (Å²) in [5, 5.41) is 6.79. The van der Waals surface area contributed by atoms with Crippen LogP contribution in [0.4, 0.5) is 0 Å². The number of H-pyrrole nitrogens is 1. The van der Waals surface area contributed by atoms with E-state index in [1.54, 1.807) is 17.5 Å². The van der Waals surface area contributed by atoms with Crippen molar-refractivity contribution in [1.82, 2.24) is 20.4 Å². The minimum Gasteiger partial charge on any atom is -0.342 e. The molecule has 1 fully saturated rings. The molecule has 4 heterocycles. The number of aromatic amines is 1. The van der Waals surface area contributed by atoms with E-state index in [0.29, 0.717) is 5.02 Å². The third-order valence-electron chi connectivity index (χ3n) is 5.54. The average molecular weight is 387 g/mol. The molecule has 1 atom stereocenters. The summed E-state index contributed by atoms with van der Waals surface area (Å²) in [5.74, 6) is 0. The number of thiazole rings is 1. The number of nitrogens with one attached hydrogen (secondary N) is 2. The van der Waals surface area contributed by atoms with Gasteiger partial charge in [-0.15, -0.1) is 11.3 Å². The van der Waals surface area contributed by atoms with Crippen molar-refractivity contribution >= 4 is 40.2 Å². The minimum absolute atomic E-state index is 0.184. The summed E-state index contributed by atoms with van der Waals surface area (Å²) in [6.45, 7) is 2.89. The molecule has 1 unspecified atom stereocenters. The number of hydrogen-bond donors (Lipinski definition) is 3. The second kappa shape index (κ2) is 5.52. The highest BCUT2D eigenvalue weighted by molar-refractivity contribution is 7.15. The summed E-state index contributed by atoms with van der Waals surface area (Å²) in [6, 6.07) is 2.13. The van der Waals surface area contributed by atoms with E-state index in [0.717, 1.165) is 51.6 Å². The monoisotopic (exact) mass is 386 g/mol. The Morgan fingerprint density at radius 3 is 2.81 bits per heavy atom. The van der Waals surface area contributed by atoms with Crippen LogP contribution in [0.15, 0.2) is 23.6 Å².